The fourth-order valence-electron chi connectivity index (χ4n) is 2.02. The van der Waals surface area contributed by atoms with Crippen molar-refractivity contribution >= 4 is 22.9 Å². The van der Waals surface area contributed by atoms with Crippen molar-refractivity contribution in [3.8, 4) is 0 Å². The highest BCUT2D eigenvalue weighted by atomic mass is 32.1. The number of hydrogen-bond donors (Lipinski definition) is 0. The molecule has 0 spiro atoms. The molecule has 10 heteroatoms. The van der Waals surface area contributed by atoms with Crippen molar-refractivity contribution in [3.63, 3.8) is 0 Å². The van der Waals surface area contributed by atoms with Gasteiger partial charge in [0.05, 0.1) is 17.2 Å². The lowest BCUT2D eigenvalue weighted by Gasteiger charge is -2.19. The first-order valence-electron chi connectivity index (χ1n) is 6.25. The molecule has 0 saturated heterocycles. The average molecular weight is 328 g/mol. The van der Waals surface area contributed by atoms with Crippen LogP contribution in [0, 0.1) is 6.92 Å². The maximum absolute atomic E-state index is 12.9. The first kappa shape index (κ1) is 14.7. The van der Waals surface area contributed by atoms with E-state index >= 15 is 0 Å². The van der Waals surface area contributed by atoms with Crippen molar-refractivity contribution in [3.05, 3.63) is 34.2 Å². The molecule has 3 heterocycles. The average Bonchev–Trinajstić information content (AvgIpc) is 3.05. The highest BCUT2D eigenvalue weighted by Crippen LogP contribution is 2.30. The van der Waals surface area contributed by atoms with E-state index in [1.807, 2.05) is 12.3 Å². The molecule has 0 unspecified atom stereocenters. The molecule has 0 radical (unpaired) electrons. The number of fused-ring (bicyclic) bond motifs is 1. The Morgan fingerprint density at radius 1 is 1.32 bits per heavy atom. The third-order valence-corrected chi connectivity index (χ3v) is 3.80. The Kier molecular flexibility index (Phi) is 3.47. The number of thiazole rings is 1. The maximum Gasteiger partial charge on any atom is 0.433 e. The lowest BCUT2D eigenvalue weighted by Crippen LogP contribution is -2.22. The van der Waals surface area contributed by atoms with Crippen LogP contribution in [-0.2, 0) is 12.7 Å². The zero-order valence-electron chi connectivity index (χ0n) is 11.7. The maximum atomic E-state index is 12.9. The molecule has 0 aliphatic carbocycles. The van der Waals surface area contributed by atoms with Gasteiger partial charge in [0, 0.05) is 18.5 Å². The number of anilines is 1. The molecule has 22 heavy (non-hydrogen) atoms. The van der Waals surface area contributed by atoms with Crippen LogP contribution in [0.25, 0.3) is 5.78 Å². The first-order valence-corrected chi connectivity index (χ1v) is 7.12. The summed E-state index contributed by atoms with van der Waals surface area (Å²) in [5.41, 5.74) is -0.215. The minimum Gasteiger partial charge on any atom is -0.354 e. The number of aryl methyl sites for hydroxylation is 1. The molecule has 3 rings (SSSR count). The van der Waals surface area contributed by atoms with Gasteiger partial charge in [-0.05, 0) is 6.92 Å². The summed E-state index contributed by atoms with van der Waals surface area (Å²) < 4.78 is 40.1. The van der Waals surface area contributed by atoms with Crippen molar-refractivity contribution in [2.45, 2.75) is 19.6 Å². The highest BCUT2D eigenvalue weighted by molar-refractivity contribution is 7.09. The summed E-state index contributed by atoms with van der Waals surface area (Å²) in [6.45, 7) is 2.23. The second-order valence-electron chi connectivity index (χ2n) is 4.68. The molecule has 0 bridgehead atoms. The molecule has 0 aromatic carbocycles. The van der Waals surface area contributed by atoms with E-state index in [-0.39, 0.29) is 11.6 Å². The quantitative estimate of drug-likeness (QED) is 0.739. The summed E-state index contributed by atoms with van der Waals surface area (Å²) >= 11 is 1.49. The Hall–Kier alpha value is -2.23. The van der Waals surface area contributed by atoms with E-state index < -0.39 is 11.9 Å². The SMILES string of the molecule is Cc1nc(CN(C)c2cc(C(F)(F)F)nc3ncnn23)cs1. The van der Waals surface area contributed by atoms with E-state index in [9.17, 15) is 13.2 Å². The van der Waals surface area contributed by atoms with Gasteiger partial charge >= 0.3 is 6.18 Å². The Balaban J connectivity index is 2.02. The molecule has 0 saturated carbocycles. The number of hydrogen-bond acceptors (Lipinski definition) is 6. The van der Waals surface area contributed by atoms with Gasteiger partial charge < -0.3 is 4.90 Å². The molecule has 0 fully saturated rings. The van der Waals surface area contributed by atoms with Gasteiger partial charge in [-0.15, -0.1) is 11.3 Å². The fraction of sp³-hybridized carbons (Fsp3) is 0.333. The molecule has 6 nitrogen and oxygen atoms in total. The summed E-state index contributed by atoms with van der Waals surface area (Å²) in [7, 11) is 1.67. The van der Waals surface area contributed by atoms with Crippen molar-refractivity contribution in [1.29, 1.82) is 0 Å². The van der Waals surface area contributed by atoms with E-state index in [0.29, 0.717) is 6.54 Å². The van der Waals surface area contributed by atoms with Crippen molar-refractivity contribution < 1.29 is 13.2 Å². The molecular weight excluding hydrogens is 317 g/mol. The van der Waals surface area contributed by atoms with E-state index in [1.165, 1.54) is 22.2 Å². The van der Waals surface area contributed by atoms with Gasteiger partial charge in [-0.25, -0.2) is 9.97 Å². The van der Waals surface area contributed by atoms with Gasteiger partial charge in [-0.2, -0.15) is 27.8 Å². The zero-order chi connectivity index (χ0) is 15.9. The molecule has 0 atom stereocenters. The number of alkyl halides is 3. The predicted octanol–water partition coefficient (Wildman–Crippen LogP) is 2.54. The lowest BCUT2D eigenvalue weighted by molar-refractivity contribution is -0.141. The Morgan fingerprint density at radius 3 is 2.73 bits per heavy atom. The molecule has 3 aromatic heterocycles. The van der Waals surface area contributed by atoms with Gasteiger partial charge in [-0.3, -0.25) is 0 Å². The second kappa shape index (κ2) is 5.20. The Bertz CT molecular complexity index is 809. The van der Waals surface area contributed by atoms with Crippen LogP contribution in [0.3, 0.4) is 0 Å². The summed E-state index contributed by atoms with van der Waals surface area (Å²) in [6, 6.07) is 0.959. The van der Waals surface area contributed by atoms with Gasteiger partial charge in [0.1, 0.15) is 12.1 Å². The Labute approximate surface area is 127 Å². The van der Waals surface area contributed by atoms with Gasteiger partial charge in [-0.1, -0.05) is 0 Å². The second-order valence-corrected chi connectivity index (χ2v) is 5.75. The van der Waals surface area contributed by atoms with E-state index in [0.717, 1.165) is 16.8 Å². The monoisotopic (exact) mass is 328 g/mol. The third-order valence-electron chi connectivity index (χ3n) is 2.98. The van der Waals surface area contributed by atoms with E-state index in [2.05, 4.69) is 20.1 Å². The molecule has 0 aliphatic heterocycles. The van der Waals surface area contributed by atoms with Crippen LogP contribution in [0.4, 0.5) is 19.0 Å². The number of halogens is 3. The predicted molar refractivity (Wildman–Crippen MR) is 74.7 cm³/mol. The molecular formula is C12H11F3N6S. The van der Waals surface area contributed by atoms with Gasteiger partial charge in [0.2, 0.25) is 0 Å². The van der Waals surface area contributed by atoms with Crippen molar-refractivity contribution in [2.75, 3.05) is 11.9 Å². The van der Waals surface area contributed by atoms with Crippen LogP contribution in [-0.4, -0.2) is 31.6 Å². The molecule has 0 amide bonds. The highest BCUT2D eigenvalue weighted by Gasteiger charge is 2.34. The van der Waals surface area contributed by atoms with Gasteiger partial charge in [0.25, 0.3) is 5.78 Å². The largest absolute Gasteiger partial charge is 0.433 e. The van der Waals surface area contributed by atoms with Crippen molar-refractivity contribution in [2.24, 2.45) is 0 Å². The standard InChI is InChI=1S/C12H11F3N6S/c1-7-18-8(5-22-7)4-20(2)10-3-9(12(13,14)15)19-11-16-6-17-21(10)11/h3,5-6H,4H2,1-2H3. The fourth-order valence-corrected chi connectivity index (χ4v) is 2.62. The molecule has 116 valence electrons. The number of nitrogens with zero attached hydrogens (tertiary/aromatic N) is 6. The summed E-state index contributed by atoms with van der Waals surface area (Å²) in [5.74, 6) is 0.159. The molecule has 0 N–H and O–H groups in total. The number of rotatable bonds is 3. The first-order chi connectivity index (χ1) is 10.3. The van der Waals surface area contributed by atoms with Crippen molar-refractivity contribution in [1.82, 2.24) is 24.6 Å². The van der Waals surface area contributed by atoms with E-state index in [4.69, 9.17) is 0 Å². The third kappa shape index (κ3) is 2.73. The van der Waals surface area contributed by atoms with Crippen LogP contribution < -0.4 is 4.90 Å². The van der Waals surface area contributed by atoms with Crippen LogP contribution in [0.2, 0.25) is 0 Å². The van der Waals surface area contributed by atoms with Crippen LogP contribution in [0.15, 0.2) is 17.8 Å². The van der Waals surface area contributed by atoms with Gasteiger partial charge in [0.15, 0.2) is 5.69 Å². The smallest absolute Gasteiger partial charge is 0.354 e. The summed E-state index contributed by atoms with van der Waals surface area (Å²) in [4.78, 5) is 13.2. The lowest BCUT2D eigenvalue weighted by atomic mass is 10.3. The number of aromatic nitrogens is 5. The van der Waals surface area contributed by atoms with Crippen LogP contribution >= 0.6 is 11.3 Å². The zero-order valence-corrected chi connectivity index (χ0v) is 12.5. The van der Waals surface area contributed by atoms with Crippen LogP contribution in [0.5, 0.6) is 0 Å². The minimum atomic E-state index is -4.54. The normalized spacial score (nSPS) is 12.0. The van der Waals surface area contributed by atoms with E-state index in [1.54, 1.807) is 11.9 Å². The molecule has 0 aliphatic rings. The molecule has 3 aromatic rings. The minimum absolute atomic E-state index is 0.0915. The Morgan fingerprint density at radius 2 is 2.09 bits per heavy atom. The summed E-state index contributed by atoms with van der Waals surface area (Å²) in [6.07, 6.45) is -3.37. The topological polar surface area (TPSA) is 59.2 Å². The summed E-state index contributed by atoms with van der Waals surface area (Å²) in [5, 5.41) is 6.70. The van der Waals surface area contributed by atoms with Crippen LogP contribution in [0.1, 0.15) is 16.4 Å².